The normalized spacial score (nSPS) is 23.9. The number of piperidine rings is 1. The molecule has 2 saturated carbocycles. The first-order chi connectivity index (χ1) is 23.6. The fraction of sp³-hybridized carbons (Fsp3) is 0.500. The summed E-state index contributed by atoms with van der Waals surface area (Å²) in [5, 5.41) is 3.22. The first-order valence-electron chi connectivity index (χ1n) is 17.9. The van der Waals surface area contributed by atoms with Crippen LogP contribution in [-0.2, 0) is 15.0 Å². The molecule has 4 aromatic rings. The van der Waals surface area contributed by atoms with Crippen LogP contribution in [0.4, 0.5) is 21.6 Å². The lowest BCUT2D eigenvalue weighted by Gasteiger charge is -2.46. The topological polar surface area (TPSA) is 99.5 Å². The molecule has 2 spiro atoms. The average Bonchev–Trinajstić information content (AvgIpc) is 3.39. The van der Waals surface area contributed by atoms with Crippen molar-refractivity contribution in [1.82, 2.24) is 29.3 Å². The quantitative estimate of drug-likeness (QED) is 0.263. The highest BCUT2D eigenvalue weighted by Gasteiger charge is 2.57. The van der Waals surface area contributed by atoms with Crippen molar-refractivity contribution in [2.45, 2.75) is 89.3 Å². The predicted molar refractivity (Wildman–Crippen MR) is 186 cm³/mol. The third-order valence-corrected chi connectivity index (χ3v) is 12.3. The van der Waals surface area contributed by atoms with Crippen LogP contribution in [0.25, 0.3) is 22.3 Å². The number of nitrogens with one attached hydrogen (secondary N) is 1. The molecule has 0 unspecified atom stereocenters. The number of halogens is 1. The number of carbonyl (C=O) groups excluding carboxylic acids is 2. The van der Waals surface area contributed by atoms with Crippen LogP contribution in [0.2, 0.25) is 0 Å². The number of carbonyl (C=O) groups is 2. The SMILES string of the molecule is CC(=O)N1CCC2(CC1)C(=O)N([C@H]1C[C@@H](N3CCC4(CC4)C3)C1)c1cc(-c3cc4ncn(C(C)C)c4c(Nc4ccncc4F)n3)ccc12. The fourth-order valence-electron chi connectivity index (χ4n) is 9.02. The molecule has 9 rings (SSSR count). The summed E-state index contributed by atoms with van der Waals surface area (Å²) in [7, 11) is 0. The summed E-state index contributed by atoms with van der Waals surface area (Å²) in [6.45, 7) is 9.31. The third-order valence-electron chi connectivity index (χ3n) is 12.3. The summed E-state index contributed by atoms with van der Waals surface area (Å²) in [6, 6.07) is 10.7. The van der Waals surface area contributed by atoms with E-state index in [9.17, 15) is 14.0 Å². The second-order valence-electron chi connectivity index (χ2n) is 15.4. The van der Waals surface area contributed by atoms with Crippen LogP contribution in [0.15, 0.2) is 49.1 Å². The Bertz CT molecular complexity index is 1990. The summed E-state index contributed by atoms with van der Waals surface area (Å²) in [5.41, 5.74) is 5.38. The average molecular weight is 663 g/mol. The van der Waals surface area contributed by atoms with Crippen LogP contribution in [0, 0.1) is 11.2 Å². The van der Waals surface area contributed by atoms with E-state index >= 15 is 0 Å². The van der Waals surface area contributed by atoms with Crippen LogP contribution in [-0.4, -0.2) is 79.4 Å². The molecule has 0 radical (unpaired) electrons. The van der Waals surface area contributed by atoms with Gasteiger partial charge in [-0.05, 0) is 94.5 Å². The highest BCUT2D eigenvalue weighted by Crippen LogP contribution is 2.56. The maximum atomic E-state index is 14.8. The number of hydrogen-bond donors (Lipinski definition) is 1. The van der Waals surface area contributed by atoms with E-state index in [0.717, 1.165) is 40.7 Å². The van der Waals surface area contributed by atoms with Gasteiger partial charge >= 0.3 is 0 Å². The standard InChI is InChI=1S/C38H43FN8O2/c1-23(2)46-22-41-32-19-31(43-35(34(32)46)42-30-6-12-40-20-29(30)39)25-4-5-28-33(16-25)47(36(49)38(28)10-14-44(15-11-38)24(3)48)27-17-26(18-27)45-13-9-37(21-45)7-8-37/h4-6,12,16,19-20,22-23,26-27H,7-11,13-15,17-18,21H2,1-3H3,(H,40,42,43)/t26-,27+. The molecule has 0 bridgehead atoms. The molecule has 4 fully saturated rings. The van der Waals surface area contributed by atoms with Gasteiger partial charge in [0.2, 0.25) is 11.8 Å². The van der Waals surface area contributed by atoms with Gasteiger partial charge in [-0.3, -0.25) is 19.5 Å². The van der Waals surface area contributed by atoms with Crippen molar-refractivity contribution >= 4 is 40.0 Å². The number of benzene rings is 1. The van der Waals surface area contributed by atoms with Gasteiger partial charge in [-0.25, -0.2) is 14.4 Å². The maximum Gasteiger partial charge on any atom is 0.238 e. The van der Waals surface area contributed by atoms with Crippen molar-refractivity contribution in [2.75, 3.05) is 36.4 Å². The van der Waals surface area contributed by atoms with Gasteiger partial charge in [0.05, 0.1) is 34.8 Å². The molecule has 2 amide bonds. The summed E-state index contributed by atoms with van der Waals surface area (Å²) < 4.78 is 16.8. The number of pyridine rings is 2. The van der Waals surface area contributed by atoms with E-state index in [-0.39, 0.29) is 29.6 Å². The first kappa shape index (κ1) is 30.7. The van der Waals surface area contributed by atoms with Crippen molar-refractivity contribution in [2.24, 2.45) is 5.41 Å². The molecule has 2 aliphatic carbocycles. The van der Waals surface area contributed by atoms with E-state index in [1.165, 1.54) is 38.5 Å². The Morgan fingerprint density at radius 1 is 1.02 bits per heavy atom. The van der Waals surface area contributed by atoms with E-state index in [1.54, 1.807) is 25.5 Å². The van der Waals surface area contributed by atoms with Crippen LogP contribution < -0.4 is 10.2 Å². The first-order valence-corrected chi connectivity index (χ1v) is 17.9. The highest BCUT2D eigenvalue weighted by atomic mass is 19.1. The van der Waals surface area contributed by atoms with Crippen LogP contribution >= 0.6 is 0 Å². The molecule has 3 aliphatic heterocycles. The van der Waals surface area contributed by atoms with Crippen LogP contribution in [0.3, 0.4) is 0 Å². The monoisotopic (exact) mass is 662 g/mol. The van der Waals surface area contributed by atoms with E-state index in [0.29, 0.717) is 48.9 Å². The number of imidazole rings is 1. The van der Waals surface area contributed by atoms with Gasteiger partial charge in [-0.15, -0.1) is 0 Å². The van der Waals surface area contributed by atoms with Crippen molar-refractivity contribution in [1.29, 1.82) is 0 Å². The van der Waals surface area contributed by atoms with Crippen molar-refractivity contribution in [3.63, 3.8) is 0 Å². The molecule has 6 heterocycles. The van der Waals surface area contributed by atoms with E-state index in [4.69, 9.17) is 9.97 Å². The third kappa shape index (κ3) is 4.87. The molecule has 11 heteroatoms. The van der Waals surface area contributed by atoms with Crippen LogP contribution in [0.5, 0.6) is 0 Å². The molecule has 5 aliphatic rings. The number of hydrogen-bond acceptors (Lipinski definition) is 7. The summed E-state index contributed by atoms with van der Waals surface area (Å²) >= 11 is 0. The molecular weight excluding hydrogens is 619 g/mol. The molecule has 1 N–H and O–H groups in total. The molecule has 49 heavy (non-hydrogen) atoms. The van der Waals surface area contributed by atoms with E-state index in [1.807, 2.05) is 15.5 Å². The Hall–Kier alpha value is -4.38. The number of fused-ring (bicyclic) bond motifs is 3. The van der Waals surface area contributed by atoms with Crippen molar-refractivity contribution < 1.29 is 14.0 Å². The number of rotatable bonds is 6. The Labute approximate surface area is 285 Å². The van der Waals surface area contributed by atoms with Gasteiger partial charge in [-0.2, -0.15) is 0 Å². The molecular formula is C38H43FN8O2. The van der Waals surface area contributed by atoms with E-state index < -0.39 is 11.2 Å². The Balaban J connectivity index is 1.10. The number of amides is 2. The number of aromatic nitrogens is 4. The van der Waals surface area contributed by atoms with Crippen LogP contribution in [0.1, 0.15) is 77.3 Å². The van der Waals surface area contributed by atoms with Crippen molar-refractivity contribution in [3.05, 3.63) is 60.4 Å². The minimum Gasteiger partial charge on any atom is -0.343 e. The summed E-state index contributed by atoms with van der Waals surface area (Å²) in [4.78, 5) is 47.3. The minimum atomic E-state index is -0.629. The zero-order valence-electron chi connectivity index (χ0n) is 28.5. The van der Waals surface area contributed by atoms with Gasteiger partial charge < -0.3 is 19.7 Å². The molecule has 10 nitrogen and oxygen atoms in total. The Kier molecular flexibility index (Phi) is 6.92. The highest BCUT2D eigenvalue weighted by molar-refractivity contribution is 6.09. The van der Waals surface area contributed by atoms with E-state index in [2.05, 4.69) is 52.1 Å². The van der Waals surface area contributed by atoms with Gasteiger partial charge in [0.15, 0.2) is 11.6 Å². The number of likely N-dealkylation sites (tertiary alicyclic amines) is 2. The minimum absolute atomic E-state index is 0.0611. The Morgan fingerprint density at radius 2 is 1.82 bits per heavy atom. The molecule has 2 saturated heterocycles. The molecule has 254 valence electrons. The second kappa shape index (κ2) is 11.1. The number of nitrogens with zero attached hydrogens (tertiary/aromatic N) is 7. The van der Waals surface area contributed by atoms with Gasteiger partial charge in [0, 0.05) is 62.1 Å². The van der Waals surface area contributed by atoms with Crippen molar-refractivity contribution in [3.8, 4) is 11.3 Å². The lowest BCUT2D eigenvalue weighted by molar-refractivity contribution is -0.134. The summed E-state index contributed by atoms with van der Waals surface area (Å²) in [6.07, 6.45) is 11.8. The zero-order valence-corrected chi connectivity index (χ0v) is 28.5. The zero-order chi connectivity index (χ0) is 33.7. The van der Waals surface area contributed by atoms with Gasteiger partial charge in [0.1, 0.15) is 5.52 Å². The second-order valence-corrected chi connectivity index (χ2v) is 15.4. The van der Waals surface area contributed by atoms with Gasteiger partial charge in [-0.1, -0.05) is 12.1 Å². The smallest absolute Gasteiger partial charge is 0.238 e. The van der Waals surface area contributed by atoms with Gasteiger partial charge in [0.25, 0.3) is 0 Å². The Morgan fingerprint density at radius 3 is 2.51 bits per heavy atom. The fourth-order valence-corrected chi connectivity index (χ4v) is 9.02. The molecule has 3 aromatic heterocycles. The predicted octanol–water partition coefficient (Wildman–Crippen LogP) is 6.20. The lowest BCUT2D eigenvalue weighted by atomic mass is 9.73. The molecule has 0 atom stereocenters. The molecule has 1 aromatic carbocycles. The largest absolute Gasteiger partial charge is 0.343 e. The maximum absolute atomic E-state index is 14.8. The summed E-state index contributed by atoms with van der Waals surface area (Å²) in [5.74, 6) is 0.282. The number of anilines is 3. The lowest BCUT2D eigenvalue weighted by Crippen LogP contribution is -2.57.